The Labute approximate surface area is 214 Å². The highest BCUT2D eigenvalue weighted by molar-refractivity contribution is 7.10. The van der Waals surface area contributed by atoms with E-state index in [0.717, 1.165) is 29.7 Å². The van der Waals surface area contributed by atoms with Crippen LogP contribution in [-0.2, 0) is 11.2 Å². The van der Waals surface area contributed by atoms with Gasteiger partial charge in [-0.15, -0.1) is 11.3 Å². The molecule has 1 aliphatic heterocycles. The van der Waals surface area contributed by atoms with Crippen LogP contribution in [0.4, 0.5) is 4.79 Å². The second kappa shape index (κ2) is 11.5. The first-order valence-corrected chi connectivity index (χ1v) is 13.5. The van der Waals surface area contributed by atoms with Crippen LogP contribution < -0.4 is 10.1 Å². The highest BCUT2D eigenvalue weighted by Gasteiger charge is 2.34. The number of hydrogen-bond acceptors (Lipinski definition) is 4. The lowest BCUT2D eigenvalue weighted by Crippen LogP contribution is -2.53. The Morgan fingerprint density at radius 1 is 1.26 bits per heavy atom. The molecule has 0 fully saturated rings. The van der Waals surface area contributed by atoms with Crippen molar-refractivity contribution in [2.24, 2.45) is 5.92 Å². The number of nitrogens with one attached hydrogen (secondary N) is 1. The largest absolute Gasteiger partial charge is 0.491 e. The van der Waals surface area contributed by atoms with Crippen molar-refractivity contribution < 1.29 is 14.3 Å². The van der Waals surface area contributed by atoms with E-state index >= 15 is 0 Å². The molecular weight excluding hydrogens is 458 g/mol. The zero-order valence-electron chi connectivity index (χ0n) is 22.3. The fourth-order valence-electron chi connectivity index (χ4n) is 4.38. The van der Waals surface area contributed by atoms with Crippen LogP contribution in [0, 0.1) is 19.8 Å². The summed E-state index contributed by atoms with van der Waals surface area (Å²) < 4.78 is 6.26. The lowest BCUT2D eigenvalue weighted by Gasteiger charge is -2.38. The summed E-state index contributed by atoms with van der Waals surface area (Å²) in [6, 6.07) is 7.90. The molecule has 0 unspecified atom stereocenters. The topological polar surface area (TPSA) is 61.9 Å². The minimum absolute atomic E-state index is 0.0385. The SMILES string of the molecule is CC[C@@H](C)CN(CC(=O)N1CCc2sccc2[C@@H]1COc1ccc(C)cc1C)C(=O)NC(C)(C)C. The van der Waals surface area contributed by atoms with Gasteiger partial charge in [0, 0.05) is 23.5 Å². The number of aryl methyl sites for hydroxylation is 2. The molecule has 2 heterocycles. The highest BCUT2D eigenvalue weighted by Crippen LogP contribution is 2.34. The molecule has 0 bridgehead atoms. The molecule has 3 amide bonds. The number of carbonyl (C=O) groups is 2. The number of fused-ring (bicyclic) bond motifs is 1. The number of nitrogens with zero attached hydrogens (tertiary/aromatic N) is 2. The summed E-state index contributed by atoms with van der Waals surface area (Å²) in [7, 11) is 0. The third-order valence-electron chi connectivity index (χ3n) is 6.47. The van der Waals surface area contributed by atoms with Gasteiger partial charge in [0.25, 0.3) is 0 Å². The number of hydrogen-bond donors (Lipinski definition) is 1. The van der Waals surface area contributed by atoms with Gasteiger partial charge in [0.1, 0.15) is 18.9 Å². The average Bonchev–Trinajstić information content (AvgIpc) is 3.25. The summed E-state index contributed by atoms with van der Waals surface area (Å²) in [4.78, 5) is 31.6. The Kier molecular flexibility index (Phi) is 8.86. The van der Waals surface area contributed by atoms with Crippen LogP contribution in [0.2, 0.25) is 0 Å². The monoisotopic (exact) mass is 499 g/mol. The molecule has 0 saturated heterocycles. The van der Waals surface area contributed by atoms with E-state index in [1.54, 1.807) is 16.2 Å². The molecule has 1 N–H and O–H groups in total. The Morgan fingerprint density at radius 2 is 2.00 bits per heavy atom. The van der Waals surface area contributed by atoms with Crippen LogP contribution in [0.3, 0.4) is 0 Å². The van der Waals surface area contributed by atoms with Gasteiger partial charge in [0.05, 0.1) is 6.04 Å². The van der Waals surface area contributed by atoms with Crippen molar-refractivity contribution in [1.29, 1.82) is 0 Å². The van der Waals surface area contributed by atoms with Crippen molar-refractivity contribution in [2.45, 2.75) is 72.9 Å². The lowest BCUT2D eigenvalue weighted by atomic mass is 10.00. The minimum atomic E-state index is -0.368. The van der Waals surface area contributed by atoms with Gasteiger partial charge >= 0.3 is 6.03 Å². The minimum Gasteiger partial charge on any atom is -0.491 e. The molecule has 1 aromatic carbocycles. The van der Waals surface area contributed by atoms with E-state index in [1.807, 2.05) is 44.7 Å². The van der Waals surface area contributed by atoms with E-state index in [0.29, 0.717) is 25.6 Å². The standard InChI is InChI=1S/C28H41N3O3S/c1-8-19(2)16-30(27(33)29-28(5,6)7)17-26(32)31-13-11-25-22(12-14-35-25)23(31)18-34-24-10-9-20(3)15-21(24)4/h9-10,12,14-15,19,23H,8,11,13,16-18H2,1-7H3,(H,29,33)/t19-,23+/m1/s1. The Bertz CT molecular complexity index is 1030. The molecule has 1 aromatic heterocycles. The lowest BCUT2D eigenvalue weighted by molar-refractivity contribution is -0.135. The maximum Gasteiger partial charge on any atom is 0.318 e. The van der Waals surface area contributed by atoms with Crippen LogP contribution >= 0.6 is 11.3 Å². The first kappa shape index (κ1) is 27.1. The zero-order chi connectivity index (χ0) is 25.8. The van der Waals surface area contributed by atoms with E-state index in [-0.39, 0.29) is 30.1 Å². The Hall–Kier alpha value is -2.54. The molecule has 192 valence electrons. The second-order valence-electron chi connectivity index (χ2n) is 10.8. The van der Waals surface area contributed by atoms with E-state index < -0.39 is 0 Å². The molecule has 0 aliphatic carbocycles. The number of ether oxygens (including phenoxy) is 1. The molecule has 7 heteroatoms. The van der Waals surface area contributed by atoms with Gasteiger partial charge in [-0.05, 0) is 75.6 Å². The van der Waals surface area contributed by atoms with Crippen LogP contribution in [0.15, 0.2) is 29.6 Å². The maximum atomic E-state index is 13.7. The molecule has 0 spiro atoms. The van der Waals surface area contributed by atoms with Gasteiger partial charge in [0.2, 0.25) is 5.91 Å². The number of benzene rings is 1. The fraction of sp³-hybridized carbons (Fsp3) is 0.571. The second-order valence-corrected chi connectivity index (χ2v) is 11.8. The Morgan fingerprint density at radius 3 is 2.66 bits per heavy atom. The van der Waals surface area contributed by atoms with Gasteiger partial charge in [-0.25, -0.2) is 4.79 Å². The van der Waals surface area contributed by atoms with Gasteiger partial charge in [-0.1, -0.05) is 38.0 Å². The summed E-state index contributed by atoms with van der Waals surface area (Å²) >= 11 is 1.74. The third-order valence-corrected chi connectivity index (χ3v) is 7.46. The van der Waals surface area contributed by atoms with E-state index in [4.69, 9.17) is 4.74 Å². The normalized spacial score (nSPS) is 16.4. The predicted octanol–water partition coefficient (Wildman–Crippen LogP) is 5.73. The van der Waals surface area contributed by atoms with Gasteiger partial charge in [-0.2, -0.15) is 0 Å². The number of amides is 3. The number of rotatable bonds is 8. The molecule has 0 radical (unpaired) electrons. The highest BCUT2D eigenvalue weighted by atomic mass is 32.1. The number of thiophene rings is 1. The maximum absolute atomic E-state index is 13.7. The Balaban J connectivity index is 1.79. The summed E-state index contributed by atoms with van der Waals surface area (Å²) in [5, 5.41) is 5.12. The van der Waals surface area contributed by atoms with Crippen LogP contribution in [-0.4, -0.2) is 53.5 Å². The van der Waals surface area contributed by atoms with Crippen LogP contribution in [0.5, 0.6) is 5.75 Å². The molecule has 0 saturated carbocycles. The first-order chi connectivity index (χ1) is 16.5. The van der Waals surface area contributed by atoms with E-state index in [1.165, 1.54) is 10.4 Å². The number of carbonyl (C=O) groups excluding carboxylic acids is 2. The molecular formula is C28H41N3O3S. The van der Waals surface area contributed by atoms with Gasteiger partial charge in [0.15, 0.2) is 0 Å². The molecule has 35 heavy (non-hydrogen) atoms. The summed E-state index contributed by atoms with van der Waals surface area (Å²) in [5.74, 6) is 1.11. The van der Waals surface area contributed by atoms with Crippen molar-refractivity contribution in [3.63, 3.8) is 0 Å². The van der Waals surface area contributed by atoms with Crippen molar-refractivity contribution in [3.05, 3.63) is 51.2 Å². The molecule has 2 aromatic rings. The fourth-order valence-corrected chi connectivity index (χ4v) is 5.31. The number of urea groups is 1. The van der Waals surface area contributed by atoms with Crippen molar-refractivity contribution in [2.75, 3.05) is 26.2 Å². The first-order valence-electron chi connectivity index (χ1n) is 12.6. The molecule has 1 aliphatic rings. The van der Waals surface area contributed by atoms with Crippen LogP contribution in [0.25, 0.3) is 0 Å². The average molecular weight is 500 g/mol. The van der Waals surface area contributed by atoms with Gasteiger partial charge in [-0.3, -0.25) is 4.79 Å². The summed E-state index contributed by atoms with van der Waals surface area (Å²) in [5.41, 5.74) is 3.07. The summed E-state index contributed by atoms with van der Waals surface area (Å²) in [6.07, 6.45) is 1.78. The summed E-state index contributed by atoms with van der Waals surface area (Å²) in [6.45, 7) is 15.8. The van der Waals surface area contributed by atoms with Gasteiger partial charge < -0.3 is 19.9 Å². The van der Waals surface area contributed by atoms with E-state index in [9.17, 15) is 9.59 Å². The third kappa shape index (κ3) is 7.23. The van der Waals surface area contributed by atoms with Crippen molar-refractivity contribution >= 4 is 23.3 Å². The molecule has 6 nitrogen and oxygen atoms in total. The smallest absolute Gasteiger partial charge is 0.318 e. The van der Waals surface area contributed by atoms with Crippen molar-refractivity contribution in [3.8, 4) is 5.75 Å². The van der Waals surface area contributed by atoms with E-state index in [2.05, 4.69) is 43.6 Å². The van der Waals surface area contributed by atoms with Crippen molar-refractivity contribution in [1.82, 2.24) is 15.1 Å². The quantitative estimate of drug-likeness (QED) is 0.505. The predicted molar refractivity (Wildman–Crippen MR) is 143 cm³/mol. The van der Waals surface area contributed by atoms with Crippen LogP contribution in [0.1, 0.15) is 68.6 Å². The molecule has 3 rings (SSSR count). The zero-order valence-corrected chi connectivity index (χ0v) is 23.1. The molecule has 2 atom stereocenters.